The number of amidine groups is 1. The minimum Gasteiger partial charge on any atom is -0.355 e. The molecule has 0 aliphatic carbocycles. The molecule has 9 heteroatoms. The van der Waals surface area contributed by atoms with Gasteiger partial charge in [-0.2, -0.15) is 8.42 Å². The predicted molar refractivity (Wildman–Crippen MR) is 131 cm³/mol. The Morgan fingerprint density at radius 3 is 2.53 bits per heavy atom. The van der Waals surface area contributed by atoms with E-state index in [1.165, 1.54) is 12.1 Å². The average Bonchev–Trinajstić information content (AvgIpc) is 3.07. The van der Waals surface area contributed by atoms with E-state index in [0.717, 1.165) is 37.7 Å². The number of piperidine rings is 1. The summed E-state index contributed by atoms with van der Waals surface area (Å²) in [4.78, 5) is 16.7. The lowest BCUT2D eigenvalue weighted by molar-refractivity contribution is -0.126. The molecule has 4 rings (SSSR count). The summed E-state index contributed by atoms with van der Waals surface area (Å²) >= 11 is 0. The van der Waals surface area contributed by atoms with Crippen molar-refractivity contribution in [3.8, 4) is 0 Å². The predicted octanol–water partition coefficient (Wildman–Crippen LogP) is 3.27. The summed E-state index contributed by atoms with van der Waals surface area (Å²) in [6, 6.07) is 13.1. The van der Waals surface area contributed by atoms with Gasteiger partial charge in [0.25, 0.3) is 10.0 Å². The molecule has 1 saturated heterocycles. The van der Waals surface area contributed by atoms with Gasteiger partial charge < -0.3 is 15.1 Å². The highest BCUT2D eigenvalue weighted by Crippen LogP contribution is 2.32. The summed E-state index contributed by atoms with van der Waals surface area (Å²) in [5.74, 6) is -0.282. The van der Waals surface area contributed by atoms with Crippen LogP contribution in [0.25, 0.3) is 0 Å². The van der Waals surface area contributed by atoms with Crippen LogP contribution in [-0.2, 0) is 14.8 Å². The zero-order valence-electron chi connectivity index (χ0n) is 19.8. The summed E-state index contributed by atoms with van der Waals surface area (Å²) in [6.07, 6.45) is 1.70. The molecule has 1 N–H and O–H groups in total. The lowest BCUT2D eigenvalue weighted by atomic mass is 9.90. The average molecular weight is 487 g/mol. The molecule has 1 amide bonds. The van der Waals surface area contributed by atoms with Crippen LogP contribution in [0, 0.1) is 17.2 Å². The maximum atomic E-state index is 13.8. The van der Waals surface area contributed by atoms with Crippen LogP contribution >= 0.6 is 0 Å². The van der Waals surface area contributed by atoms with Crippen LogP contribution in [0.15, 0.2) is 57.8 Å². The molecule has 2 aliphatic heterocycles. The summed E-state index contributed by atoms with van der Waals surface area (Å²) in [5.41, 5.74) is 0.728. The fourth-order valence-corrected chi connectivity index (χ4v) is 5.64. The van der Waals surface area contributed by atoms with Gasteiger partial charge in [0.1, 0.15) is 10.7 Å². The monoisotopic (exact) mass is 486 g/mol. The van der Waals surface area contributed by atoms with E-state index < -0.39 is 21.3 Å². The number of amides is 1. The number of fused-ring (bicyclic) bond motifs is 1. The maximum absolute atomic E-state index is 13.8. The first kappa shape index (κ1) is 24.3. The van der Waals surface area contributed by atoms with Crippen molar-refractivity contribution in [2.75, 3.05) is 38.1 Å². The van der Waals surface area contributed by atoms with Crippen molar-refractivity contribution in [3.63, 3.8) is 0 Å². The normalized spacial score (nSPS) is 18.3. The molecule has 7 nitrogen and oxygen atoms in total. The van der Waals surface area contributed by atoms with Gasteiger partial charge in [-0.3, -0.25) is 4.79 Å². The van der Waals surface area contributed by atoms with Crippen LogP contribution in [0.1, 0.15) is 32.3 Å². The topological polar surface area (TPSA) is 82.1 Å². The third kappa shape index (κ3) is 5.31. The molecule has 2 heterocycles. The lowest BCUT2D eigenvalue weighted by Gasteiger charge is -2.35. The van der Waals surface area contributed by atoms with E-state index in [2.05, 4.69) is 21.7 Å². The first-order valence-electron chi connectivity index (χ1n) is 11.5. The molecule has 2 aliphatic rings. The van der Waals surface area contributed by atoms with Gasteiger partial charge in [0.05, 0.1) is 0 Å². The molecule has 0 unspecified atom stereocenters. The Hall–Kier alpha value is -2.78. The molecule has 0 aromatic heterocycles. The Kier molecular flexibility index (Phi) is 6.78. The Morgan fingerprint density at radius 2 is 1.85 bits per heavy atom. The molecule has 182 valence electrons. The van der Waals surface area contributed by atoms with Gasteiger partial charge in [-0.05, 0) is 63.3 Å². The Bertz CT molecular complexity index is 1190. The number of carbonyl (C=O) groups is 1. The fourth-order valence-electron chi connectivity index (χ4n) is 4.42. The molecule has 0 bridgehead atoms. The van der Waals surface area contributed by atoms with E-state index in [4.69, 9.17) is 0 Å². The van der Waals surface area contributed by atoms with E-state index >= 15 is 0 Å². The molecule has 0 radical (unpaired) electrons. The van der Waals surface area contributed by atoms with Gasteiger partial charge in [0, 0.05) is 35.7 Å². The number of nitrogens with zero attached hydrogens (tertiary/aromatic N) is 3. The number of hydrogen-bond acceptors (Lipinski definition) is 5. The highest BCUT2D eigenvalue weighted by atomic mass is 32.2. The summed E-state index contributed by atoms with van der Waals surface area (Å²) in [7, 11) is -1.93. The number of rotatable bonds is 6. The number of hydrogen-bond donors (Lipinski definition) is 1. The lowest BCUT2D eigenvalue weighted by Crippen LogP contribution is -2.46. The minimum atomic E-state index is -4.00. The quantitative estimate of drug-likeness (QED) is 0.678. The second kappa shape index (κ2) is 9.46. The zero-order valence-corrected chi connectivity index (χ0v) is 20.6. The van der Waals surface area contributed by atoms with Crippen LogP contribution in [0.4, 0.5) is 10.1 Å². The standard InChI is InChI=1S/C25H31FN4O3S/c1-25(2,16-27-24(31)18-11-13-29(3)14-12-18)17-30(20-7-5-4-6-8-20)23-21-10-9-19(26)15-22(21)34(32,33)28-23/h4-10,15,18H,11-14,16-17H2,1-3H3,(H,27,31). The van der Waals surface area contributed by atoms with Gasteiger partial charge in [-0.1, -0.05) is 32.0 Å². The smallest absolute Gasteiger partial charge is 0.285 e. The van der Waals surface area contributed by atoms with Gasteiger partial charge in [-0.25, -0.2) is 4.39 Å². The molecule has 34 heavy (non-hydrogen) atoms. The van der Waals surface area contributed by atoms with Crippen LogP contribution in [0.5, 0.6) is 0 Å². The van der Waals surface area contributed by atoms with Crippen LogP contribution < -0.4 is 10.2 Å². The number of nitrogens with one attached hydrogen (secondary N) is 1. The zero-order chi connectivity index (χ0) is 24.5. The largest absolute Gasteiger partial charge is 0.355 e. The number of halogens is 1. The summed E-state index contributed by atoms with van der Waals surface area (Å²) < 4.78 is 43.2. The fraction of sp³-hybridized carbons (Fsp3) is 0.440. The number of likely N-dealkylation sites (tertiary alicyclic amines) is 1. The first-order chi connectivity index (χ1) is 16.1. The van der Waals surface area contributed by atoms with Crippen molar-refractivity contribution in [3.05, 3.63) is 59.9 Å². The van der Waals surface area contributed by atoms with E-state index in [1.54, 1.807) is 0 Å². The summed E-state index contributed by atoms with van der Waals surface area (Å²) in [6.45, 7) is 6.70. The van der Waals surface area contributed by atoms with Crippen molar-refractivity contribution >= 4 is 27.5 Å². The van der Waals surface area contributed by atoms with Crippen molar-refractivity contribution in [2.24, 2.45) is 15.7 Å². The van der Waals surface area contributed by atoms with Crippen molar-refractivity contribution in [2.45, 2.75) is 31.6 Å². The number of benzene rings is 2. The third-order valence-electron chi connectivity index (χ3n) is 6.41. The maximum Gasteiger partial charge on any atom is 0.285 e. The van der Waals surface area contributed by atoms with Gasteiger partial charge >= 0.3 is 0 Å². The molecule has 0 spiro atoms. The van der Waals surface area contributed by atoms with E-state index in [0.29, 0.717) is 18.7 Å². The van der Waals surface area contributed by atoms with Crippen LogP contribution in [0.3, 0.4) is 0 Å². The van der Waals surface area contributed by atoms with Crippen LogP contribution in [-0.4, -0.2) is 58.3 Å². The first-order valence-corrected chi connectivity index (χ1v) is 12.9. The van der Waals surface area contributed by atoms with Gasteiger partial charge in [0.2, 0.25) is 5.91 Å². The molecule has 0 atom stereocenters. The van der Waals surface area contributed by atoms with Crippen molar-refractivity contribution < 1.29 is 17.6 Å². The van der Waals surface area contributed by atoms with E-state index in [1.807, 2.05) is 49.1 Å². The summed E-state index contributed by atoms with van der Waals surface area (Å²) in [5, 5.41) is 3.11. The SMILES string of the molecule is CN1CCC(C(=O)NCC(C)(C)CN(C2=NS(=O)(=O)c3cc(F)ccc32)c2ccccc2)CC1. The van der Waals surface area contributed by atoms with Crippen molar-refractivity contribution in [1.29, 1.82) is 0 Å². The highest BCUT2D eigenvalue weighted by molar-refractivity contribution is 7.90. The molecule has 0 saturated carbocycles. The number of sulfonamides is 1. The molecular weight excluding hydrogens is 455 g/mol. The van der Waals surface area contributed by atoms with Crippen molar-refractivity contribution in [1.82, 2.24) is 10.2 Å². The highest BCUT2D eigenvalue weighted by Gasteiger charge is 2.35. The second-order valence-electron chi connectivity index (χ2n) is 9.91. The molecule has 2 aromatic rings. The third-order valence-corrected chi connectivity index (χ3v) is 7.72. The van der Waals surface area contributed by atoms with Gasteiger partial charge in [-0.15, -0.1) is 4.40 Å². The second-order valence-corrected chi connectivity index (χ2v) is 11.5. The molecule has 2 aromatic carbocycles. The van der Waals surface area contributed by atoms with Crippen LogP contribution in [0.2, 0.25) is 0 Å². The minimum absolute atomic E-state index is 0.0170. The Morgan fingerprint density at radius 1 is 1.18 bits per heavy atom. The number of carbonyl (C=O) groups excluding carboxylic acids is 1. The Balaban J connectivity index is 1.57. The number of para-hydroxylation sites is 1. The van der Waals surface area contributed by atoms with E-state index in [-0.39, 0.29) is 22.6 Å². The Labute approximate surface area is 200 Å². The molecular formula is C25H31FN4O3S. The van der Waals surface area contributed by atoms with E-state index in [9.17, 15) is 17.6 Å². The molecule has 1 fully saturated rings. The number of anilines is 1. The van der Waals surface area contributed by atoms with Gasteiger partial charge in [0.15, 0.2) is 5.84 Å².